The van der Waals surface area contributed by atoms with E-state index in [0.29, 0.717) is 11.5 Å². The van der Waals surface area contributed by atoms with Crippen LogP contribution >= 0.6 is 0 Å². The molecule has 0 amide bonds. The lowest BCUT2D eigenvalue weighted by atomic mass is 10.1. The van der Waals surface area contributed by atoms with Crippen LogP contribution in [-0.4, -0.2) is 19.2 Å². The number of nitrogens with zero attached hydrogens (tertiary/aromatic N) is 1. The molecule has 1 aromatic carbocycles. The van der Waals surface area contributed by atoms with Gasteiger partial charge in [-0.15, -0.1) is 0 Å². The van der Waals surface area contributed by atoms with Crippen molar-refractivity contribution in [2.75, 3.05) is 20.0 Å². The van der Waals surface area contributed by atoms with Crippen molar-refractivity contribution >= 4 is 6.01 Å². The fourth-order valence-corrected chi connectivity index (χ4v) is 1.82. The number of hydrogen-bond donors (Lipinski definition) is 1. The molecule has 1 heterocycles. The normalized spacial score (nSPS) is 10.4. The van der Waals surface area contributed by atoms with Gasteiger partial charge in [0, 0.05) is 12.0 Å². The van der Waals surface area contributed by atoms with E-state index in [1.807, 2.05) is 25.1 Å². The second kappa shape index (κ2) is 5.00. The van der Waals surface area contributed by atoms with Crippen molar-refractivity contribution in [3.05, 3.63) is 24.0 Å². The van der Waals surface area contributed by atoms with Crippen LogP contribution in [0.15, 0.2) is 22.6 Å². The van der Waals surface area contributed by atoms with Crippen molar-refractivity contribution in [3.8, 4) is 22.8 Å². The van der Waals surface area contributed by atoms with E-state index in [2.05, 4.69) is 4.98 Å². The monoisotopic (exact) mass is 248 g/mol. The highest BCUT2D eigenvalue weighted by Crippen LogP contribution is 2.33. The van der Waals surface area contributed by atoms with Gasteiger partial charge in [0.15, 0.2) is 11.5 Å². The average Bonchev–Trinajstić information content (AvgIpc) is 2.79. The molecule has 0 saturated heterocycles. The van der Waals surface area contributed by atoms with Gasteiger partial charge in [-0.3, -0.25) is 0 Å². The third-order valence-corrected chi connectivity index (χ3v) is 2.69. The number of ether oxygens (including phenoxy) is 2. The third-order valence-electron chi connectivity index (χ3n) is 2.69. The van der Waals surface area contributed by atoms with Crippen LogP contribution in [-0.2, 0) is 6.42 Å². The lowest BCUT2D eigenvalue weighted by molar-refractivity contribution is 0.355. The number of nitrogen functional groups attached to an aromatic ring is 1. The third kappa shape index (κ3) is 2.11. The van der Waals surface area contributed by atoms with Crippen molar-refractivity contribution in [1.29, 1.82) is 0 Å². The maximum atomic E-state index is 5.59. The minimum Gasteiger partial charge on any atom is -0.493 e. The Balaban J connectivity index is 2.50. The van der Waals surface area contributed by atoms with Crippen LogP contribution in [0.1, 0.15) is 12.7 Å². The fraction of sp³-hybridized carbons (Fsp3) is 0.308. The Kier molecular flexibility index (Phi) is 3.41. The minimum absolute atomic E-state index is 0.177. The van der Waals surface area contributed by atoms with Gasteiger partial charge in [0.1, 0.15) is 11.5 Å². The smallest absolute Gasteiger partial charge is 0.292 e. The summed E-state index contributed by atoms with van der Waals surface area (Å²) < 4.78 is 15.8. The van der Waals surface area contributed by atoms with Gasteiger partial charge in [-0.25, -0.2) is 0 Å². The van der Waals surface area contributed by atoms with Crippen molar-refractivity contribution in [1.82, 2.24) is 4.98 Å². The number of methoxy groups -OCH3 is 2. The number of hydrogen-bond acceptors (Lipinski definition) is 5. The standard InChI is InChI=1S/C13H16N2O3/c1-4-9-12(15-13(14)18-9)8-5-6-10(16-2)11(7-8)17-3/h5-7H,4H2,1-3H3,(H2,14,15). The number of nitrogens with two attached hydrogens (primary N) is 1. The Morgan fingerprint density at radius 2 is 1.94 bits per heavy atom. The Morgan fingerprint density at radius 3 is 2.56 bits per heavy atom. The molecule has 0 fully saturated rings. The number of aromatic nitrogens is 1. The molecule has 96 valence electrons. The topological polar surface area (TPSA) is 70.5 Å². The molecule has 5 heteroatoms. The van der Waals surface area contributed by atoms with Gasteiger partial charge >= 0.3 is 0 Å². The van der Waals surface area contributed by atoms with Crippen LogP contribution in [0.2, 0.25) is 0 Å². The van der Waals surface area contributed by atoms with Crippen molar-refractivity contribution in [2.24, 2.45) is 0 Å². The molecule has 2 N–H and O–H groups in total. The van der Waals surface area contributed by atoms with Crippen molar-refractivity contribution < 1.29 is 13.9 Å². The molecule has 0 aliphatic heterocycles. The number of rotatable bonds is 4. The zero-order chi connectivity index (χ0) is 13.1. The Hall–Kier alpha value is -2.17. The summed E-state index contributed by atoms with van der Waals surface area (Å²) in [5.74, 6) is 2.09. The number of anilines is 1. The van der Waals surface area contributed by atoms with Gasteiger partial charge in [0.05, 0.1) is 14.2 Å². The van der Waals surface area contributed by atoms with Crippen LogP contribution in [0, 0.1) is 0 Å². The van der Waals surface area contributed by atoms with E-state index in [9.17, 15) is 0 Å². The Labute approximate surface area is 106 Å². The predicted molar refractivity (Wildman–Crippen MR) is 68.8 cm³/mol. The summed E-state index contributed by atoms with van der Waals surface area (Å²) in [6, 6.07) is 5.77. The van der Waals surface area contributed by atoms with E-state index in [-0.39, 0.29) is 6.01 Å². The predicted octanol–water partition coefficient (Wildman–Crippen LogP) is 2.50. The molecule has 0 aliphatic rings. The van der Waals surface area contributed by atoms with Crippen LogP contribution < -0.4 is 15.2 Å². The van der Waals surface area contributed by atoms with Crippen molar-refractivity contribution in [2.45, 2.75) is 13.3 Å². The van der Waals surface area contributed by atoms with Crippen LogP contribution in [0.5, 0.6) is 11.5 Å². The molecule has 1 aromatic heterocycles. The van der Waals surface area contributed by atoms with Crippen LogP contribution in [0.25, 0.3) is 11.3 Å². The van der Waals surface area contributed by atoms with Crippen LogP contribution in [0.3, 0.4) is 0 Å². The van der Waals surface area contributed by atoms with Gasteiger partial charge in [-0.2, -0.15) is 4.98 Å². The molecule has 0 radical (unpaired) electrons. The fourth-order valence-electron chi connectivity index (χ4n) is 1.82. The zero-order valence-corrected chi connectivity index (χ0v) is 10.7. The number of aryl methyl sites for hydroxylation is 1. The first-order valence-corrected chi connectivity index (χ1v) is 5.67. The van der Waals surface area contributed by atoms with E-state index < -0.39 is 0 Å². The lowest BCUT2D eigenvalue weighted by Crippen LogP contribution is -1.92. The van der Waals surface area contributed by atoms with Gasteiger partial charge in [0.2, 0.25) is 0 Å². The summed E-state index contributed by atoms with van der Waals surface area (Å²) in [5, 5.41) is 0. The van der Waals surface area contributed by atoms with Gasteiger partial charge < -0.3 is 19.6 Å². The van der Waals surface area contributed by atoms with E-state index >= 15 is 0 Å². The maximum Gasteiger partial charge on any atom is 0.292 e. The van der Waals surface area contributed by atoms with E-state index in [0.717, 1.165) is 23.4 Å². The van der Waals surface area contributed by atoms with E-state index in [4.69, 9.17) is 19.6 Å². The first-order chi connectivity index (χ1) is 8.69. The first kappa shape index (κ1) is 12.3. The molecule has 0 saturated carbocycles. The van der Waals surface area contributed by atoms with Crippen LogP contribution in [0.4, 0.5) is 6.01 Å². The number of benzene rings is 1. The molecule has 2 rings (SSSR count). The SMILES string of the molecule is CCc1oc(N)nc1-c1ccc(OC)c(OC)c1. The molecule has 0 aliphatic carbocycles. The second-order valence-corrected chi connectivity index (χ2v) is 3.75. The second-order valence-electron chi connectivity index (χ2n) is 3.75. The molecular formula is C13H16N2O3. The lowest BCUT2D eigenvalue weighted by Gasteiger charge is -2.08. The largest absolute Gasteiger partial charge is 0.493 e. The molecule has 0 spiro atoms. The highest BCUT2D eigenvalue weighted by atomic mass is 16.5. The van der Waals surface area contributed by atoms with E-state index in [1.165, 1.54) is 0 Å². The van der Waals surface area contributed by atoms with Crippen molar-refractivity contribution in [3.63, 3.8) is 0 Å². The highest BCUT2D eigenvalue weighted by Gasteiger charge is 2.14. The Bertz CT molecular complexity index is 549. The quantitative estimate of drug-likeness (QED) is 0.900. The molecular weight excluding hydrogens is 232 g/mol. The first-order valence-electron chi connectivity index (χ1n) is 5.67. The maximum absolute atomic E-state index is 5.59. The summed E-state index contributed by atoms with van der Waals surface area (Å²) in [7, 11) is 3.20. The van der Waals surface area contributed by atoms with E-state index in [1.54, 1.807) is 14.2 Å². The summed E-state index contributed by atoms with van der Waals surface area (Å²) in [6.45, 7) is 1.99. The zero-order valence-electron chi connectivity index (χ0n) is 10.7. The molecule has 0 bridgehead atoms. The molecule has 0 unspecified atom stereocenters. The highest BCUT2D eigenvalue weighted by molar-refractivity contribution is 5.66. The average molecular weight is 248 g/mol. The molecule has 18 heavy (non-hydrogen) atoms. The summed E-state index contributed by atoms with van der Waals surface area (Å²) in [6.07, 6.45) is 0.730. The number of oxazole rings is 1. The molecule has 2 aromatic rings. The summed E-state index contributed by atoms with van der Waals surface area (Å²) in [5.41, 5.74) is 7.22. The minimum atomic E-state index is 0.177. The van der Waals surface area contributed by atoms with Gasteiger partial charge in [-0.1, -0.05) is 6.92 Å². The van der Waals surface area contributed by atoms with Gasteiger partial charge in [-0.05, 0) is 18.2 Å². The molecule has 0 atom stereocenters. The Morgan fingerprint density at radius 1 is 1.22 bits per heavy atom. The molecule has 5 nitrogen and oxygen atoms in total. The van der Waals surface area contributed by atoms with Gasteiger partial charge in [0.25, 0.3) is 6.01 Å². The summed E-state index contributed by atoms with van der Waals surface area (Å²) in [4.78, 5) is 4.20. The summed E-state index contributed by atoms with van der Waals surface area (Å²) >= 11 is 0.